The van der Waals surface area contributed by atoms with Gasteiger partial charge in [-0.25, -0.2) is 4.79 Å². The predicted octanol–water partition coefficient (Wildman–Crippen LogP) is 2.06. The number of carbonyl (C=O) groups is 1. The molecule has 92 valence electrons. The van der Waals surface area contributed by atoms with Crippen LogP contribution in [0.4, 0.5) is 4.79 Å². The molecule has 0 aromatic carbocycles. The van der Waals surface area contributed by atoms with Gasteiger partial charge in [0.1, 0.15) is 5.60 Å². The third kappa shape index (κ3) is 13.5. The zero-order chi connectivity index (χ0) is 11.0. The van der Waals surface area contributed by atoms with E-state index in [1.54, 1.807) is 0 Å². The van der Waals surface area contributed by atoms with E-state index in [9.17, 15) is 4.79 Å². The molecule has 0 saturated carbocycles. The SMILES string of the molecule is CC(C)(C)OC(=O)NCCCCCN.Cl. The van der Waals surface area contributed by atoms with E-state index < -0.39 is 5.60 Å². The maximum absolute atomic E-state index is 11.1. The lowest BCUT2D eigenvalue weighted by Gasteiger charge is -2.19. The van der Waals surface area contributed by atoms with Gasteiger partial charge in [-0.3, -0.25) is 0 Å². The van der Waals surface area contributed by atoms with Gasteiger partial charge in [-0.05, 0) is 40.2 Å². The van der Waals surface area contributed by atoms with E-state index in [4.69, 9.17) is 10.5 Å². The molecule has 0 atom stereocenters. The average molecular weight is 239 g/mol. The molecule has 3 N–H and O–H groups in total. The molecule has 0 spiro atoms. The van der Waals surface area contributed by atoms with Gasteiger partial charge in [0.05, 0.1) is 0 Å². The third-order valence-electron chi connectivity index (χ3n) is 1.55. The van der Waals surface area contributed by atoms with Crippen LogP contribution >= 0.6 is 12.4 Å². The monoisotopic (exact) mass is 238 g/mol. The molecular formula is C10H23ClN2O2. The Kier molecular flexibility index (Phi) is 9.93. The first kappa shape index (κ1) is 16.9. The van der Waals surface area contributed by atoms with Crippen molar-refractivity contribution in [2.24, 2.45) is 5.73 Å². The summed E-state index contributed by atoms with van der Waals surface area (Å²) in [7, 11) is 0. The van der Waals surface area contributed by atoms with Crippen molar-refractivity contribution in [3.8, 4) is 0 Å². The van der Waals surface area contributed by atoms with Crippen LogP contribution < -0.4 is 11.1 Å². The average Bonchev–Trinajstić information content (AvgIpc) is 2.00. The van der Waals surface area contributed by atoms with Crippen LogP contribution in [0.3, 0.4) is 0 Å². The molecule has 5 heteroatoms. The van der Waals surface area contributed by atoms with Gasteiger partial charge < -0.3 is 15.8 Å². The molecule has 0 aromatic heterocycles. The minimum Gasteiger partial charge on any atom is -0.444 e. The maximum atomic E-state index is 11.1. The molecule has 4 nitrogen and oxygen atoms in total. The van der Waals surface area contributed by atoms with Crippen molar-refractivity contribution >= 4 is 18.5 Å². The van der Waals surface area contributed by atoms with Crippen LogP contribution in [0.1, 0.15) is 40.0 Å². The normalized spacial score (nSPS) is 10.4. The van der Waals surface area contributed by atoms with Gasteiger partial charge >= 0.3 is 6.09 Å². The Labute approximate surface area is 98.3 Å². The standard InChI is InChI=1S/C10H22N2O2.ClH/c1-10(2,3)14-9(13)12-8-6-4-5-7-11;/h4-8,11H2,1-3H3,(H,12,13);1H. The highest BCUT2D eigenvalue weighted by atomic mass is 35.5. The summed E-state index contributed by atoms with van der Waals surface area (Å²) in [6.45, 7) is 6.92. The van der Waals surface area contributed by atoms with E-state index in [0.717, 1.165) is 19.3 Å². The molecule has 0 aliphatic rings. The number of halogens is 1. The summed E-state index contributed by atoms with van der Waals surface area (Å²) < 4.78 is 5.07. The summed E-state index contributed by atoms with van der Waals surface area (Å²) >= 11 is 0. The molecule has 0 bridgehead atoms. The minimum atomic E-state index is -0.415. The fourth-order valence-corrected chi connectivity index (χ4v) is 0.951. The summed E-state index contributed by atoms with van der Waals surface area (Å²) in [5.41, 5.74) is 4.93. The molecule has 0 aliphatic heterocycles. The molecule has 0 aliphatic carbocycles. The Bertz CT molecular complexity index is 169. The number of hydrogen-bond donors (Lipinski definition) is 2. The number of rotatable bonds is 5. The lowest BCUT2D eigenvalue weighted by molar-refractivity contribution is 0.0527. The first-order valence-electron chi connectivity index (χ1n) is 5.12. The molecule has 1 amide bonds. The van der Waals surface area contributed by atoms with Crippen LogP contribution in [0.25, 0.3) is 0 Å². The maximum Gasteiger partial charge on any atom is 0.407 e. The first-order chi connectivity index (χ1) is 6.45. The summed E-state index contributed by atoms with van der Waals surface area (Å²) in [6, 6.07) is 0. The van der Waals surface area contributed by atoms with Crippen LogP contribution in [-0.4, -0.2) is 24.8 Å². The summed E-state index contributed by atoms with van der Waals surface area (Å²) in [5.74, 6) is 0. The lowest BCUT2D eigenvalue weighted by atomic mass is 10.2. The third-order valence-corrected chi connectivity index (χ3v) is 1.55. The Balaban J connectivity index is 0. The minimum absolute atomic E-state index is 0. The van der Waals surface area contributed by atoms with Gasteiger partial charge in [-0.2, -0.15) is 0 Å². The van der Waals surface area contributed by atoms with Crippen molar-refractivity contribution in [2.45, 2.75) is 45.6 Å². The largest absolute Gasteiger partial charge is 0.444 e. The number of unbranched alkanes of at least 4 members (excludes halogenated alkanes) is 2. The van der Waals surface area contributed by atoms with E-state index in [0.29, 0.717) is 13.1 Å². The predicted molar refractivity (Wildman–Crippen MR) is 64.4 cm³/mol. The van der Waals surface area contributed by atoms with Crippen molar-refractivity contribution in [2.75, 3.05) is 13.1 Å². The van der Waals surface area contributed by atoms with E-state index in [1.165, 1.54) is 0 Å². The number of nitrogens with one attached hydrogen (secondary N) is 1. The van der Waals surface area contributed by atoms with Gasteiger partial charge in [0.15, 0.2) is 0 Å². The van der Waals surface area contributed by atoms with Gasteiger partial charge in [0.2, 0.25) is 0 Å². The smallest absolute Gasteiger partial charge is 0.407 e. The lowest BCUT2D eigenvalue weighted by Crippen LogP contribution is -2.33. The summed E-state index contributed by atoms with van der Waals surface area (Å²) in [5, 5.41) is 2.70. The van der Waals surface area contributed by atoms with Crippen LogP contribution in [0.2, 0.25) is 0 Å². The van der Waals surface area contributed by atoms with E-state index in [1.807, 2.05) is 20.8 Å². The Morgan fingerprint density at radius 3 is 2.33 bits per heavy atom. The van der Waals surface area contributed by atoms with Gasteiger partial charge in [-0.1, -0.05) is 6.42 Å². The molecule has 0 radical (unpaired) electrons. The second kappa shape index (κ2) is 8.80. The Morgan fingerprint density at radius 1 is 1.27 bits per heavy atom. The summed E-state index contributed by atoms with van der Waals surface area (Å²) in [6.07, 6.45) is 2.67. The molecule has 0 saturated heterocycles. The van der Waals surface area contributed by atoms with Gasteiger partial charge in [-0.15, -0.1) is 12.4 Å². The van der Waals surface area contributed by atoms with Gasteiger partial charge in [0, 0.05) is 6.54 Å². The highest BCUT2D eigenvalue weighted by Gasteiger charge is 2.15. The second-order valence-electron chi connectivity index (χ2n) is 4.28. The van der Waals surface area contributed by atoms with Crippen molar-refractivity contribution in [3.05, 3.63) is 0 Å². The number of carbonyl (C=O) groups excluding carboxylic acids is 1. The Hall–Kier alpha value is -0.480. The fraction of sp³-hybridized carbons (Fsp3) is 0.900. The Morgan fingerprint density at radius 2 is 1.87 bits per heavy atom. The molecular weight excluding hydrogens is 216 g/mol. The quantitative estimate of drug-likeness (QED) is 0.721. The van der Waals surface area contributed by atoms with Gasteiger partial charge in [0.25, 0.3) is 0 Å². The molecule has 0 unspecified atom stereocenters. The van der Waals surface area contributed by atoms with Crippen molar-refractivity contribution in [3.63, 3.8) is 0 Å². The highest BCUT2D eigenvalue weighted by molar-refractivity contribution is 5.85. The number of alkyl carbamates (subject to hydrolysis) is 1. The molecule has 0 fully saturated rings. The number of nitrogens with two attached hydrogens (primary N) is 1. The van der Waals surface area contributed by atoms with Crippen LogP contribution in [0.5, 0.6) is 0 Å². The molecule has 15 heavy (non-hydrogen) atoms. The van der Waals surface area contributed by atoms with Crippen molar-refractivity contribution in [1.82, 2.24) is 5.32 Å². The highest BCUT2D eigenvalue weighted by Crippen LogP contribution is 2.06. The molecule has 0 aromatic rings. The number of ether oxygens (including phenoxy) is 1. The van der Waals surface area contributed by atoms with Crippen LogP contribution in [-0.2, 0) is 4.74 Å². The number of amides is 1. The van der Waals surface area contributed by atoms with Crippen LogP contribution in [0, 0.1) is 0 Å². The van der Waals surface area contributed by atoms with Crippen LogP contribution in [0.15, 0.2) is 0 Å². The zero-order valence-corrected chi connectivity index (χ0v) is 10.7. The summed E-state index contributed by atoms with van der Waals surface area (Å²) in [4.78, 5) is 11.1. The van der Waals surface area contributed by atoms with E-state index in [2.05, 4.69) is 5.32 Å². The first-order valence-corrected chi connectivity index (χ1v) is 5.12. The van der Waals surface area contributed by atoms with Crippen molar-refractivity contribution < 1.29 is 9.53 Å². The fourth-order valence-electron chi connectivity index (χ4n) is 0.951. The zero-order valence-electron chi connectivity index (χ0n) is 9.84. The van der Waals surface area contributed by atoms with E-state index >= 15 is 0 Å². The van der Waals surface area contributed by atoms with Crippen molar-refractivity contribution in [1.29, 1.82) is 0 Å². The van der Waals surface area contributed by atoms with E-state index in [-0.39, 0.29) is 18.5 Å². The number of hydrogen-bond acceptors (Lipinski definition) is 3. The second-order valence-corrected chi connectivity index (χ2v) is 4.28. The molecule has 0 rings (SSSR count). The molecule has 0 heterocycles. The topological polar surface area (TPSA) is 64.3 Å².